The molecule has 0 bridgehead atoms. The van der Waals surface area contributed by atoms with Crippen molar-refractivity contribution < 1.29 is 8.42 Å². The molecule has 21 heavy (non-hydrogen) atoms. The third-order valence-electron chi connectivity index (χ3n) is 3.44. The number of rotatable bonds is 6. The summed E-state index contributed by atoms with van der Waals surface area (Å²) in [4.78, 5) is 0.320. The van der Waals surface area contributed by atoms with Gasteiger partial charge >= 0.3 is 0 Å². The summed E-state index contributed by atoms with van der Waals surface area (Å²) in [5, 5.41) is 3.06. The van der Waals surface area contributed by atoms with Gasteiger partial charge in [-0.1, -0.05) is 18.2 Å². The first-order valence-electron chi connectivity index (χ1n) is 6.88. The van der Waals surface area contributed by atoms with Crippen molar-refractivity contribution in [3.8, 4) is 0 Å². The van der Waals surface area contributed by atoms with Crippen molar-refractivity contribution in [3.63, 3.8) is 0 Å². The van der Waals surface area contributed by atoms with Crippen molar-refractivity contribution in [1.29, 1.82) is 0 Å². The van der Waals surface area contributed by atoms with Gasteiger partial charge < -0.3 is 9.88 Å². The summed E-state index contributed by atoms with van der Waals surface area (Å²) < 4.78 is 28.7. The number of sulfonamides is 1. The standard InChI is InChI=1S/C15H21N3O2S/c1-4-18-12-15(10-14(18)11-16-2)21(19,20)17(3)13-8-6-5-7-9-13/h5-10,12,16H,4,11H2,1-3H3. The quantitative estimate of drug-likeness (QED) is 0.888. The Morgan fingerprint density at radius 1 is 1.24 bits per heavy atom. The van der Waals surface area contributed by atoms with Gasteiger partial charge in [0.05, 0.1) is 5.69 Å². The molecule has 1 N–H and O–H groups in total. The molecule has 6 heteroatoms. The first-order chi connectivity index (χ1) is 10.0. The van der Waals surface area contributed by atoms with Gasteiger partial charge in [0.25, 0.3) is 10.0 Å². The van der Waals surface area contributed by atoms with Gasteiger partial charge in [0.2, 0.25) is 0 Å². The highest BCUT2D eigenvalue weighted by Crippen LogP contribution is 2.23. The Morgan fingerprint density at radius 2 is 1.90 bits per heavy atom. The highest BCUT2D eigenvalue weighted by atomic mass is 32.2. The second-order valence-corrected chi connectivity index (χ2v) is 6.76. The molecule has 5 nitrogen and oxygen atoms in total. The molecule has 0 atom stereocenters. The lowest BCUT2D eigenvalue weighted by atomic mass is 10.3. The molecule has 114 valence electrons. The minimum atomic E-state index is -3.54. The number of nitrogens with one attached hydrogen (secondary N) is 1. The largest absolute Gasteiger partial charge is 0.349 e. The molecule has 2 aromatic rings. The molecule has 0 radical (unpaired) electrons. The van der Waals surface area contributed by atoms with Gasteiger partial charge in [-0.2, -0.15) is 0 Å². The van der Waals surface area contributed by atoms with Gasteiger partial charge in [0.15, 0.2) is 0 Å². The van der Waals surface area contributed by atoms with Crippen molar-refractivity contribution >= 4 is 15.7 Å². The summed E-state index contributed by atoms with van der Waals surface area (Å²) in [5.41, 5.74) is 1.61. The Kier molecular flexibility index (Phi) is 4.69. The minimum absolute atomic E-state index is 0.320. The van der Waals surface area contributed by atoms with Gasteiger partial charge in [-0.15, -0.1) is 0 Å². The van der Waals surface area contributed by atoms with Crippen LogP contribution in [0.5, 0.6) is 0 Å². The van der Waals surface area contributed by atoms with E-state index in [1.807, 2.05) is 36.7 Å². The molecule has 0 saturated carbocycles. The number of hydrogen-bond donors (Lipinski definition) is 1. The third-order valence-corrected chi connectivity index (χ3v) is 5.19. The van der Waals surface area contributed by atoms with Crippen molar-refractivity contribution in [1.82, 2.24) is 9.88 Å². The third kappa shape index (κ3) is 3.11. The molecule has 0 aliphatic rings. The molecule has 1 aromatic carbocycles. The molecular formula is C15H21N3O2S. The first kappa shape index (κ1) is 15.6. The highest BCUT2D eigenvalue weighted by Gasteiger charge is 2.23. The van der Waals surface area contributed by atoms with Crippen LogP contribution in [0.25, 0.3) is 0 Å². The zero-order valence-corrected chi connectivity index (χ0v) is 13.4. The number of benzene rings is 1. The van der Waals surface area contributed by atoms with Crippen LogP contribution in [0.1, 0.15) is 12.6 Å². The first-order valence-corrected chi connectivity index (χ1v) is 8.32. The number of aryl methyl sites for hydroxylation is 1. The number of aromatic nitrogens is 1. The summed E-state index contributed by atoms with van der Waals surface area (Å²) in [6.45, 7) is 3.37. The summed E-state index contributed by atoms with van der Waals surface area (Å²) in [6, 6.07) is 10.8. The van der Waals surface area contributed by atoms with Gasteiger partial charge in [0, 0.05) is 32.0 Å². The summed E-state index contributed by atoms with van der Waals surface area (Å²) in [7, 11) is -0.118. The molecule has 0 amide bonds. The molecular weight excluding hydrogens is 286 g/mol. The van der Waals surface area contributed by atoms with Crippen LogP contribution < -0.4 is 9.62 Å². The van der Waals surface area contributed by atoms with Crippen LogP contribution >= 0.6 is 0 Å². The SMILES string of the molecule is CCn1cc(S(=O)(=O)N(C)c2ccccc2)cc1CNC. The van der Waals surface area contributed by atoms with Crippen molar-refractivity contribution in [2.45, 2.75) is 24.9 Å². The van der Waals surface area contributed by atoms with Crippen molar-refractivity contribution in [2.75, 3.05) is 18.4 Å². The van der Waals surface area contributed by atoms with Gasteiger partial charge in [-0.25, -0.2) is 8.42 Å². The molecule has 0 spiro atoms. The number of para-hydroxylation sites is 1. The second-order valence-electron chi connectivity index (χ2n) is 4.79. The Hall–Kier alpha value is -1.79. The van der Waals surface area contributed by atoms with E-state index in [1.165, 1.54) is 4.31 Å². The number of nitrogens with zero attached hydrogens (tertiary/aromatic N) is 2. The van der Waals surface area contributed by atoms with E-state index >= 15 is 0 Å². The normalized spacial score (nSPS) is 11.6. The van der Waals surface area contributed by atoms with Crippen LogP contribution in [0.15, 0.2) is 47.5 Å². The monoisotopic (exact) mass is 307 g/mol. The van der Waals surface area contributed by atoms with E-state index < -0.39 is 10.0 Å². The predicted molar refractivity (Wildman–Crippen MR) is 84.9 cm³/mol. The van der Waals surface area contributed by atoms with Gasteiger partial charge in [0.1, 0.15) is 4.90 Å². The Labute approximate surface area is 126 Å². The fourth-order valence-corrected chi connectivity index (χ4v) is 3.49. The topological polar surface area (TPSA) is 54.3 Å². The molecule has 0 aliphatic carbocycles. The summed E-state index contributed by atoms with van der Waals surface area (Å²) in [5.74, 6) is 0. The lowest BCUT2D eigenvalue weighted by molar-refractivity contribution is 0.594. The fourth-order valence-electron chi connectivity index (χ4n) is 2.22. The number of anilines is 1. The van der Waals surface area contributed by atoms with Crippen LogP contribution in [0.3, 0.4) is 0 Å². The lowest BCUT2D eigenvalue weighted by Gasteiger charge is -2.18. The Balaban J connectivity index is 2.40. The van der Waals surface area contributed by atoms with Crippen LogP contribution in [-0.4, -0.2) is 27.1 Å². The predicted octanol–water partition coefficient (Wildman–Crippen LogP) is 2.05. The zero-order valence-electron chi connectivity index (χ0n) is 12.6. The molecule has 0 fully saturated rings. The van der Waals surface area contributed by atoms with Gasteiger partial charge in [-0.3, -0.25) is 4.31 Å². The van der Waals surface area contributed by atoms with Crippen LogP contribution in [0.4, 0.5) is 5.69 Å². The lowest BCUT2D eigenvalue weighted by Crippen LogP contribution is -2.26. The van der Waals surface area contributed by atoms with E-state index in [9.17, 15) is 8.42 Å². The average Bonchev–Trinajstić information content (AvgIpc) is 2.91. The highest BCUT2D eigenvalue weighted by molar-refractivity contribution is 7.92. The Bertz CT molecular complexity index is 693. The smallest absolute Gasteiger partial charge is 0.265 e. The minimum Gasteiger partial charge on any atom is -0.349 e. The molecule has 1 heterocycles. The van der Waals surface area contributed by atoms with E-state index in [0.717, 1.165) is 12.2 Å². The number of hydrogen-bond acceptors (Lipinski definition) is 3. The average molecular weight is 307 g/mol. The maximum absolute atomic E-state index is 12.7. The van der Waals surface area contributed by atoms with E-state index in [2.05, 4.69) is 5.32 Å². The molecule has 0 unspecified atom stereocenters. The summed E-state index contributed by atoms with van der Waals surface area (Å²) >= 11 is 0. The van der Waals surface area contributed by atoms with Gasteiger partial charge in [-0.05, 0) is 32.2 Å². The van der Waals surface area contributed by atoms with Crippen molar-refractivity contribution in [3.05, 3.63) is 48.3 Å². The summed E-state index contributed by atoms with van der Waals surface area (Å²) in [6.07, 6.45) is 1.70. The molecule has 0 aliphatic heterocycles. The van der Waals surface area contributed by atoms with Crippen LogP contribution in [-0.2, 0) is 23.1 Å². The van der Waals surface area contributed by atoms with Crippen molar-refractivity contribution in [2.24, 2.45) is 0 Å². The molecule has 2 rings (SSSR count). The fraction of sp³-hybridized carbons (Fsp3) is 0.333. The van der Waals surface area contributed by atoms with Crippen LogP contribution in [0, 0.1) is 0 Å². The van der Waals surface area contributed by atoms with E-state index in [-0.39, 0.29) is 0 Å². The maximum Gasteiger partial charge on any atom is 0.265 e. The molecule has 0 saturated heterocycles. The van der Waals surface area contributed by atoms with E-state index in [1.54, 1.807) is 31.4 Å². The zero-order chi connectivity index (χ0) is 15.5. The Morgan fingerprint density at radius 3 is 2.48 bits per heavy atom. The van der Waals surface area contributed by atoms with Crippen LogP contribution in [0.2, 0.25) is 0 Å². The maximum atomic E-state index is 12.7. The molecule has 1 aromatic heterocycles. The second kappa shape index (κ2) is 6.32. The van der Waals surface area contributed by atoms with E-state index in [4.69, 9.17) is 0 Å². The van der Waals surface area contributed by atoms with E-state index in [0.29, 0.717) is 17.1 Å².